The van der Waals surface area contributed by atoms with Crippen LogP contribution in [-0.4, -0.2) is 28.0 Å². The quantitative estimate of drug-likeness (QED) is 0.877. The predicted octanol–water partition coefficient (Wildman–Crippen LogP) is 1.78. The van der Waals surface area contributed by atoms with E-state index in [1.54, 1.807) is 17.8 Å². The van der Waals surface area contributed by atoms with E-state index in [0.717, 1.165) is 17.8 Å². The van der Waals surface area contributed by atoms with Crippen molar-refractivity contribution in [3.05, 3.63) is 29.3 Å². The highest BCUT2D eigenvalue weighted by molar-refractivity contribution is 7.89. The van der Waals surface area contributed by atoms with E-state index in [-0.39, 0.29) is 10.9 Å². The predicted molar refractivity (Wildman–Crippen MR) is 84.0 cm³/mol. The Kier molecular flexibility index (Phi) is 4.72. The highest BCUT2D eigenvalue weighted by Crippen LogP contribution is 2.21. The SMILES string of the molecule is CCn1ncc(C(C)NS(=O)(=O)c2cnn(CC)c2C)c1C. The van der Waals surface area contributed by atoms with Gasteiger partial charge in [0.15, 0.2) is 0 Å². The topological polar surface area (TPSA) is 81.8 Å². The summed E-state index contributed by atoms with van der Waals surface area (Å²) >= 11 is 0. The standard InChI is InChI=1S/C14H23N5O2S/c1-6-18-11(4)13(8-15-18)10(3)17-22(20,21)14-9-16-19(7-2)12(14)5/h8-10,17H,6-7H2,1-5H3. The third kappa shape index (κ3) is 2.93. The van der Waals surface area contributed by atoms with Crippen LogP contribution in [-0.2, 0) is 23.1 Å². The van der Waals surface area contributed by atoms with Crippen molar-refractivity contribution in [1.29, 1.82) is 0 Å². The Bertz CT molecular complexity index is 760. The summed E-state index contributed by atoms with van der Waals surface area (Å²) in [6.45, 7) is 10.8. The Morgan fingerprint density at radius 1 is 1.09 bits per heavy atom. The van der Waals surface area contributed by atoms with Crippen LogP contribution in [0.25, 0.3) is 0 Å². The lowest BCUT2D eigenvalue weighted by Gasteiger charge is -2.14. The first-order valence-electron chi connectivity index (χ1n) is 7.38. The molecule has 0 amide bonds. The molecule has 1 unspecified atom stereocenters. The van der Waals surface area contributed by atoms with Crippen LogP contribution in [0.1, 0.15) is 43.8 Å². The van der Waals surface area contributed by atoms with E-state index in [1.807, 2.05) is 32.4 Å². The number of aryl methyl sites for hydroxylation is 2. The molecule has 0 aliphatic rings. The van der Waals surface area contributed by atoms with Crippen molar-refractivity contribution in [2.24, 2.45) is 0 Å². The summed E-state index contributed by atoms with van der Waals surface area (Å²) in [7, 11) is -3.61. The van der Waals surface area contributed by atoms with Crippen LogP contribution in [0.2, 0.25) is 0 Å². The van der Waals surface area contributed by atoms with Gasteiger partial charge >= 0.3 is 0 Å². The molecule has 1 N–H and O–H groups in total. The van der Waals surface area contributed by atoms with Crippen molar-refractivity contribution in [3.63, 3.8) is 0 Å². The van der Waals surface area contributed by atoms with E-state index >= 15 is 0 Å². The minimum Gasteiger partial charge on any atom is -0.270 e. The molecule has 1 atom stereocenters. The largest absolute Gasteiger partial charge is 0.270 e. The summed E-state index contributed by atoms with van der Waals surface area (Å²) in [5.74, 6) is 0. The molecule has 2 aromatic rings. The van der Waals surface area contributed by atoms with Gasteiger partial charge in [-0.05, 0) is 34.6 Å². The highest BCUT2D eigenvalue weighted by atomic mass is 32.2. The van der Waals surface area contributed by atoms with Crippen molar-refractivity contribution in [3.8, 4) is 0 Å². The van der Waals surface area contributed by atoms with Gasteiger partial charge in [-0.25, -0.2) is 13.1 Å². The van der Waals surface area contributed by atoms with Gasteiger partial charge in [-0.3, -0.25) is 9.36 Å². The highest BCUT2D eigenvalue weighted by Gasteiger charge is 2.24. The van der Waals surface area contributed by atoms with Gasteiger partial charge in [0.1, 0.15) is 4.90 Å². The minimum absolute atomic E-state index is 0.224. The lowest BCUT2D eigenvalue weighted by molar-refractivity contribution is 0.563. The Balaban J connectivity index is 2.27. The first-order valence-corrected chi connectivity index (χ1v) is 8.87. The van der Waals surface area contributed by atoms with Gasteiger partial charge in [-0.15, -0.1) is 0 Å². The molecule has 0 spiro atoms. The average Bonchev–Trinajstić information content (AvgIpc) is 3.01. The lowest BCUT2D eigenvalue weighted by Crippen LogP contribution is -2.27. The molecule has 122 valence electrons. The van der Waals surface area contributed by atoms with Gasteiger partial charge in [0, 0.05) is 30.4 Å². The maximum Gasteiger partial charge on any atom is 0.244 e. The third-order valence-corrected chi connectivity index (χ3v) is 5.53. The van der Waals surface area contributed by atoms with E-state index in [0.29, 0.717) is 12.2 Å². The summed E-state index contributed by atoms with van der Waals surface area (Å²) in [6, 6.07) is -0.352. The summed E-state index contributed by atoms with van der Waals surface area (Å²) in [4.78, 5) is 0.224. The molecule has 2 heterocycles. The monoisotopic (exact) mass is 325 g/mol. The molecule has 0 aromatic carbocycles. The number of nitrogens with one attached hydrogen (secondary N) is 1. The van der Waals surface area contributed by atoms with E-state index in [1.165, 1.54) is 6.20 Å². The fourth-order valence-corrected chi connectivity index (χ4v) is 3.98. The molecule has 22 heavy (non-hydrogen) atoms. The lowest BCUT2D eigenvalue weighted by atomic mass is 10.1. The van der Waals surface area contributed by atoms with Crippen molar-refractivity contribution in [2.45, 2.75) is 58.6 Å². The second-order valence-corrected chi connectivity index (χ2v) is 6.94. The van der Waals surface area contributed by atoms with Gasteiger partial charge in [0.2, 0.25) is 10.0 Å². The summed E-state index contributed by atoms with van der Waals surface area (Å²) < 4.78 is 31.3. The van der Waals surface area contributed by atoms with E-state index in [2.05, 4.69) is 14.9 Å². The fraction of sp³-hybridized carbons (Fsp3) is 0.571. The molecule has 7 nitrogen and oxygen atoms in total. The number of nitrogens with zero attached hydrogens (tertiary/aromatic N) is 4. The van der Waals surface area contributed by atoms with Crippen LogP contribution < -0.4 is 4.72 Å². The van der Waals surface area contributed by atoms with Crippen molar-refractivity contribution < 1.29 is 8.42 Å². The first kappa shape index (κ1) is 16.7. The van der Waals surface area contributed by atoms with Crippen LogP contribution in [0.3, 0.4) is 0 Å². The molecule has 2 rings (SSSR count). The molecule has 0 aliphatic heterocycles. The smallest absolute Gasteiger partial charge is 0.244 e. The normalized spacial score (nSPS) is 13.5. The second kappa shape index (κ2) is 6.21. The molecular weight excluding hydrogens is 302 g/mol. The van der Waals surface area contributed by atoms with Gasteiger partial charge in [-0.2, -0.15) is 10.2 Å². The molecule has 8 heteroatoms. The Morgan fingerprint density at radius 3 is 2.14 bits per heavy atom. The van der Waals surface area contributed by atoms with E-state index < -0.39 is 10.0 Å². The van der Waals surface area contributed by atoms with Crippen molar-refractivity contribution in [1.82, 2.24) is 24.3 Å². The average molecular weight is 325 g/mol. The first-order chi connectivity index (χ1) is 10.3. The number of rotatable bonds is 6. The zero-order valence-electron chi connectivity index (χ0n) is 13.7. The zero-order valence-corrected chi connectivity index (χ0v) is 14.5. The molecule has 0 aliphatic carbocycles. The van der Waals surface area contributed by atoms with Crippen molar-refractivity contribution in [2.75, 3.05) is 0 Å². The van der Waals surface area contributed by atoms with Gasteiger partial charge in [0.05, 0.1) is 18.1 Å². The molecule has 0 bridgehead atoms. The number of sulfonamides is 1. The molecule has 0 saturated carbocycles. The van der Waals surface area contributed by atoms with Gasteiger partial charge in [0.25, 0.3) is 0 Å². The number of hydrogen-bond donors (Lipinski definition) is 1. The van der Waals surface area contributed by atoms with Crippen molar-refractivity contribution >= 4 is 10.0 Å². The fourth-order valence-electron chi connectivity index (χ4n) is 2.58. The van der Waals surface area contributed by atoms with Crippen LogP contribution in [0.15, 0.2) is 17.3 Å². The van der Waals surface area contributed by atoms with E-state index in [4.69, 9.17) is 0 Å². The van der Waals surface area contributed by atoms with Crippen LogP contribution in [0, 0.1) is 13.8 Å². The Morgan fingerprint density at radius 2 is 1.64 bits per heavy atom. The van der Waals surface area contributed by atoms with Gasteiger partial charge < -0.3 is 0 Å². The van der Waals surface area contributed by atoms with Crippen LogP contribution >= 0.6 is 0 Å². The molecule has 0 fully saturated rings. The maximum atomic E-state index is 12.6. The summed E-state index contributed by atoms with van der Waals surface area (Å²) in [5.41, 5.74) is 2.49. The Labute approximate surface area is 131 Å². The van der Waals surface area contributed by atoms with E-state index in [9.17, 15) is 8.42 Å². The summed E-state index contributed by atoms with van der Waals surface area (Å²) in [6.07, 6.45) is 3.12. The third-order valence-electron chi connectivity index (χ3n) is 3.89. The van der Waals surface area contributed by atoms with Crippen LogP contribution in [0.5, 0.6) is 0 Å². The van der Waals surface area contributed by atoms with Crippen LogP contribution in [0.4, 0.5) is 0 Å². The van der Waals surface area contributed by atoms with Gasteiger partial charge in [-0.1, -0.05) is 0 Å². The molecule has 0 saturated heterocycles. The maximum absolute atomic E-state index is 12.6. The molecular formula is C14H23N5O2S. The number of hydrogen-bond acceptors (Lipinski definition) is 4. The second-order valence-electron chi connectivity index (χ2n) is 5.25. The molecule has 2 aromatic heterocycles. The zero-order chi connectivity index (χ0) is 16.5. The minimum atomic E-state index is -3.61. The molecule has 0 radical (unpaired) electrons. The Hall–Kier alpha value is -1.67. The number of aromatic nitrogens is 4. The summed E-state index contributed by atoms with van der Waals surface area (Å²) in [5, 5.41) is 8.35.